The van der Waals surface area contributed by atoms with E-state index in [1.165, 1.54) is 10.4 Å². The molecule has 2 aromatic carbocycles. The standard InChI is InChI=1S/C24H34OSi2/c1-9-26(7,8)24(5,6)23(3,4)25-27(10-2,21-17-13-11-14-18-21)22-19-15-12-16-20-22/h9-20H,1-2H2,3-8H3. The van der Waals surface area contributed by atoms with Crippen molar-refractivity contribution in [2.75, 3.05) is 0 Å². The van der Waals surface area contributed by atoms with Crippen LogP contribution in [0.1, 0.15) is 27.7 Å². The van der Waals surface area contributed by atoms with Crippen LogP contribution >= 0.6 is 0 Å². The highest BCUT2D eigenvalue weighted by Crippen LogP contribution is 2.50. The molecule has 0 aliphatic heterocycles. The third kappa shape index (κ3) is 3.82. The van der Waals surface area contributed by atoms with E-state index in [-0.39, 0.29) is 10.6 Å². The first-order valence-electron chi connectivity index (χ1n) is 9.62. The molecule has 2 aromatic rings. The molecule has 0 aliphatic carbocycles. The number of benzene rings is 2. The molecule has 0 heterocycles. The van der Waals surface area contributed by atoms with Crippen molar-refractivity contribution in [3.05, 3.63) is 85.2 Å². The maximum Gasteiger partial charge on any atom is 0.280 e. The van der Waals surface area contributed by atoms with Gasteiger partial charge in [0.2, 0.25) is 0 Å². The predicted octanol–water partition coefficient (Wildman–Crippen LogP) is 5.48. The summed E-state index contributed by atoms with van der Waals surface area (Å²) in [5, 5.41) is 2.45. The average molecular weight is 395 g/mol. The quantitative estimate of drug-likeness (QED) is 0.539. The Labute approximate surface area is 167 Å². The van der Waals surface area contributed by atoms with Crippen molar-refractivity contribution in [2.45, 2.75) is 51.4 Å². The Morgan fingerprint density at radius 3 is 1.48 bits per heavy atom. The summed E-state index contributed by atoms with van der Waals surface area (Å²) in [4.78, 5) is 0. The van der Waals surface area contributed by atoms with Gasteiger partial charge in [-0.1, -0.05) is 93.3 Å². The molecule has 0 amide bonds. The maximum atomic E-state index is 7.21. The SMILES string of the molecule is C=C[Si](OC(C)(C)C(C)(C)[Si](C)(C)C=C)(c1ccccc1)c1ccccc1. The third-order valence-electron chi connectivity index (χ3n) is 6.74. The lowest BCUT2D eigenvalue weighted by atomic mass is 9.93. The molecule has 2 rings (SSSR count). The summed E-state index contributed by atoms with van der Waals surface area (Å²) >= 11 is 0. The van der Waals surface area contributed by atoms with Crippen LogP contribution in [0.15, 0.2) is 85.2 Å². The summed E-state index contributed by atoms with van der Waals surface area (Å²) in [7, 11) is -4.33. The molecule has 0 aromatic heterocycles. The highest BCUT2D eigenvalue weighted by atomic mass is 28.4. The molecule has 0 radical (unpaired) electrons. The minimum atomic E-state index is -2.61. The van der Waals surface area contributed by atoms with Crippen LogP contribution in [-0.4, -0.2) is 22.0 Å². The lowest BCUT2D eigenvalue weighted by molar-refractivity contribution is 0.0625. The molecule has 0 spiro atoms. The number of rotatable bonds is 8. The van der Waals surface area contributed by atoms with Crippen molar-refractivity contribution in [3.63, 3.8) is 0 Å². The first-order valence-corrected chi connectivity index (χ1v) is 14.7. The minimum Gasteiger partial charge on any atom is -0.399 e. The first-order chi connectivity index (χ1) is 12.5. The van der Waals surface area contributed by atoms with Gasteiger partial charge in [0.15, 0.2) is 0 Å². The first kappa shape index (κ1) is 21.6. The zero-order valence-corrected chi connectivity index (χ0v) is 19.8. The summed E-state index contributed by atoms with van der Waals surface area (Å²) in [5.41, 5.74) is 3.92. The second kappa shape index (κ2) is 7.74. The molecule has 0 N–H and O–H groups in total. The van der Waals surface area contributed by atoms with Gasteiger partial charge in [0, 0.05) is 0 Å². The number of hydrogen-bond donors (Lipinski definition) is 0. The molecule has 1 nitrogen and oxygen atoms in total. The zero-order chi connectivity index (χ0) is 20.3. The van der Waals surface area contributed by atoms with Crippen molar-refractivity contribution < 1.29 is 4.43 Å². The van der Waals surface area contributed by atoms with Gasteiger partial charge in [0.25, 0.3) is 8.32 Å². The summed E-state index contributed by atoms with van der Waals surface area (Å²) in [5.74, 6) is 0. The molecular formula is C24H34OSi2. The van der Waals surface area contributed by atoms with Crippen LogP contribution in [0.2, 0.25) is 18.1 Å². The molecule has 0 aliphatic rings. The lowest BCUT2D eigenvalue weighted by Gasteiger charge is -2.52. The molecule has 144 valence electrons. The Morgan fingerprint density at radius 2 is 1.15 bits per heavy atom. The Balaban J connectivity index is 2.66. The summed E-state index contributed by atoms with van der Waals surface area (Å²) < 4.78 is 7.21. The van der Waals surface area contributed by atoms with E-state index < -0.39 is 16.4 Å². The van der Waals surface area contributed by atoms with E-state index in [1.54, 1.807) is 0 Å². The largest absolute Gasteiger partial charge is 0.399 e. The van der Waals surface area contributed by atoms with Crippen LogP contribution in [0, 0.1) is 0 Å². The van der Waals surface area contributed by atoms with E-state index in [0.29, 0.717) is 0 Å². The fourth-order valence-corrected chi connectivity index (χ4v) is 9.27. The molecule has 0 saturated carbocycles. The third-order valence-corrected chi connectivity index (χ3v) is 15.4. The molecule has 0 unspecified atom stereocenters. The van der Waals surface area contributed by atoms with Crippen LogP contribution < -0.4 is 10.4 Å². The fraction of sp³-hybridized carbons (Fsp3) is 0.333. The normalized spacial score (nSPS) is 13.3. The van der Waals surface area contributed by atoms with Crippen LogP contribution in [-0.2, 0) is 4.43 Å². The van der Waals surface area contributed by atoms with E-state index in [2.05, 4.69) is 126 Å². The summed E-state index contributed by atoms with van der Waals surface area (Å²) in [6, 6.07) is 21.2. The van der Waals surface area contributed by atoms with Gasteiger partial charge >= 0.3 is 0 Å². The van der Waals surface area contributed by atoms with E-state index >= 15 is 0 Å². The van der Waals surface area contributed by atoms with Crippen molar-refractivity contribution >= 4 is 26.8 Å². The van der Waals surface area contributed by atoms with Crippen molar-refractivity contribution in [3.8, 4) is 0 Å². The Morgan fingerprint density at radius 1 is 0.741 bits per heavy atom. The van der Waals surface area contributed by atoms with Gasteiger partial charge in [-0.15, -0.1) is 18.9 Å². The second-order valence-electron chi connectivity index (χ2n) is 8.84. The highest BCUT2D eigenvalue weighted by Gasteiger charge is 2.52. The second-order valence-corrected chi connectivity index (χ2v) is 17.2. The monoisotopic (exact) mass is 394 g/mol. The van der Waals surface area contributed by atoms with Crippen LogP contribution in [0.4, 0.5) is 0 Å². The van der Waals surface area contributed by atoms with Gasteiger partial charge in [-0.2, -0.15) is 0 Å². The van der Waals surface area contributed by atoms with Gasteiger partial charge in [0.05, 0.1) is 13.7 Å². The van der Waals surface area contributed by atoms with E-state index in [9.17, 15) is 0 Å². The van der Waals surface area contributed by atoms with Gasteiger partial charge in [-0.3, -0.25) is 0 Å². The Hall–Kier alpha value is -1.69. The molecule has 0 fully saturated rings. The number of hydrogen-bond acceptors (Lipinski definition) is 1. The zero-order valence-electron chi connectivity index (χ0n) is 17.8. The van der Waals surface area contributed by atoms with Gasteiger partial charge in [-0.25, -0.2) is 0 Å². The van der Waals surface area contributed by atoms with E-state index in [4.69, 9.17) is 4.43 Å². The lowest BCUT2D eigenvalue weighted by Crippen LogP contribution is -2.66. The van der Waals surface area contributed by atoms with Crippen LogP contribution in [0.5, 0.6) is 0 Å². The Kier molecular flexibility index (Phi) is 6.20. The molecule has 0 atom stereocenters. The molecule has 27 heavy (non-hydrogen) atoms. The smallest absolute Gasteiger partial charge is 0.280 e. The molecule has 0 saturated heterocycles. The molecular weight excluding hydrogens is 360 g/mol. The van der Waals surface area contributed by atoms with E-state index in [1.807, 2.05) is 0 Å². The fourth-order valence-electron chi connectivity index (χ4n) is 3.49. The predicted molar refractivity (Wildman–Crippen MR) is 125 cm³/mol. The molecule has 3 heteroatoms. The highest BCUT2D eigenvalue weighted by molar-refractivity contribution is 7.01. The molecule has 0 bridgehead atoms. The van der Waals surface area contributed by atoms with Crippen molar-refractivity contribution in [2.24, 2.45) is 0 Å². The minimum absolute atomic E-state index is 0.00737. The van der Waals surface area contributed by atoms with Crippen LogP contribution in [0.25, 0.3) is 0 Å². The Bertz CT molecular complexity index is 737. The van der Waals surface area contributed by atoms with Crippen molar-refractivity contribution in [1.29, 1.82) is 0 Å². The maximum absolute atomic E-state index is 7.21. The summed E-state index contributed by atoms with van der Waals surface area (Å²) in [6.07, 6.45) is 0. The topological polar surface area (TPSA) is 9.23 Å². The average Bonchev–Trinajstić information content (AvgIpc) is 2.67. The van der Waals surface area contributed by atoms with Gasteiger partial charge in [0.1, 0.15) is 0 Å². The van der Waals surface area contributed by atoms with Gasteiger partial charge < -0.3 is 4.43 Å². The van der Waals surface area contributed by atoms with Crippen molar-refractivity contribution in [1.82, 2.24) is 0 Å². The summed E-state index contributed by atoms with van der Waals surface area (Å²) in [6.45, 7) is 22.3. The van der Waals surface area contributed by atoms with E-state index in [0.717, 1.165) is 0 Å². The van der Waals surface area contributed by atoms with Crippen LogP contribution in [0.3, 0.4) is 0 Å². The van der Waals surface area contributed by atoms with Gasteiger partial charge in [-0.05, 0) is 29.3 Å².